The highest BCUT2D eigenvalue weighted by Gasteiger charge is 2.20. The van der Waals surface area contributed by atoms with Gasteiger partial charge in [-0.15, -0.1) is 0 Å². The van der Waals surface area contributed by atoms with E-state index < -0.39 is 18.0 Å². The smallest absolute Gasteiger partial charge is 0.311 e. The van der Waals surface area contributed by atoms with E-state index in [1.54, 1.807) is 6.07 Å². The van der Waals surface area contributed by atoms with E-state index in [0.717, 1.165) is 13.2 Å². The molecule has 1 aromatic rings. The number of alkyl halides is 2. The molecule has 0 aliphatic carbocycles. The van der Waals surface area contributed by atoms with Crippen molar-refractivity contribution in [2.75, 3.05) is 7.11 Å². The number of rotatable bonds is 4. The summed E-state index contributed by atoms with van der Waals surface area (Å²) in [6.45, 7) is -0.0560. The van der Waals surface area contributed by atoms with E-state index in [1.165, 1.54) is 0 Å². The second-order valence-corrected chi connectivity index (χ2v) is 3.39. The molecule has 0 aliphatic rings. The molecule has 0 saturated heterocycles. The number of aromatic nitrogens is 1. The first kappa shape index (κ1) is 14.0. The van der Waals surface area contributed by atoms with Crippen molar-refractivity contribution in [1.29, 1.82) is 5.26 Å². The zero-order valence-electron chi connectivity index (χ0n) is 9.61. The summed E-state index contributed by atoms with van der Waals surface area (Å²) in [6, 6.07) is 2.71. The highest BCUT2D eigenvalue weighted by Crippen LogP contribution is 2.25. The van der Waals surface area contributed by atoms with Gasteiger partial charge >= 0.3 is 5.97 Å². The Morgan fingerprint density at radius 1 is 1.67 bits per heavy atom. The molecule has 7 heteroatoms. The molecular formula is C11H11F2N3O2. The summed E-state index contributed by atoms with van der Waals surface area (Å²) in [6.07, 6.45) is -3.17. The molecule has 0 saturated carbocycles. The molecule has 0 atom stereocenters. The van der Waals surface area contributed by atoms with E-state index in [9.17, 15) is 13.6 Å². The van der Waals surface area contributed by atoms with Crippen molar-refractivity contribution in [2.24, 2.45) is 5.73 Å². The average Bonchev–Trinajstić information content (AvgIpc) is 2.37. The number of nitrogens with zero attached hydrogens (tertiary/aromatic N) is 2. The van der Waals surface area contributed by atoms with Crippen LogP contribution >= 0.6 is 0 Å². The number of carbonyl (C=O) groups is 1. The molecular weight excluding hydrogens is 244 g/mol. The van der Waals surface area contributed by atoms with Gasteiger partial charge in [-0.05, 0) is 6.07 Å². The summed E-state index contributed by atoms with van der Waals surface area (Å²) in [5, 5.41) is 8.89. The molecule has 96 valence electrons. The molecule has 0 spiro atoms. The van der Waals surface area contributed by atoms with Crippen molar-refractivity contribution in [2.45, 2.75) is 19.4 Å². The number of nitriles is 1. The zero-order chi connectivity index (χ0) is 13.7. The van der Waals surface area contributed by atoms with Crippen LogP contribution in [0.15, 0.2) is 6.07 Å². The summed E-state index contributed by atoms with van der Waals surface area (Å²) < 4.78 is 30.0. The lowest BCUT2D eigenvalue weighted by atomic mass is 10.0. The van der Waals surface area contributed by atoms with Crippen LogP contribution in [0.5, 0.6) is 0 Å². The minimum absolute atomic E-state index is 0.0393. The van der Waals surface area contributed by atoms with Gasteiger partial charge in [0.05, 0.1) is 30.5 Å². The normalized spacial score (nSPS) is 10.2. The maximum absolute atomic E-state index is 12.8. The van der Waals surface area contributed by atoms with Gasteiger partial charge in [-0.1, -0.05) is 0 Å². The van der Waals surface area contributed by atoms with Crippen LogP contribution in [0.2, 0.25) is 0 Å². The fraction of sp³-hybridized carbons (Fsp3) is 0.364. The second-order valence-electron chi connectivity index (χ2n) is 3.39. The van der Waals surface area contributed by atoms with Crippen molar-refractivity contribution in [1.82, 2.24) is 4.98 Å². The molecule has 2 N–H and O–H groups in total. The minimum Gasteiger partial charge on any atom is -0.469 e. The predicted molar refractivity (Wildman–Crippen MR) is 57.5 cm³/mol. The van der Waals surface area contributed by atoms with Crippen LogP contribution in [-0.4, -0.2) is 18.1 Å². The summed E-state index contributed by atoms with van der Waals surface area (Å²) in [4.78, 5) is 15.1. The molecule has 0 bridgehead atoms. The maximum Gasteiger partial charge on any atom is 0.311 e. The number of hydrogen-bond acceptors (Lipinski definition) is 5. The van der Waals surface area contributed by atoms with Crippen LogP contribution in [-0.2, 0) is 22.5 Å². The Morgan fingerprint density at radius 2 is 2.33 bits per heavy atom. The van der Waals surface area contributed by atoms with E-state index in [1.807, 2.05) is 0 Å². The summed E-state index contributed by atoms with van der Waals surface area (Å²) in [7, 11) is 1.16. The van der Waals surface area contributed by atoms with Crippen LogP contribution in [0.4, 0.5) is 8.78 Å². The number of hydrogen-bond donors (Lipinski definition) is 1. The number of carbonyl (C=O) groups excluding carboxylic acids is 1. The van der Waals surface area contributed by atoms with Gasteiger partial charge in [0.2, 0.25) is 0 Å². The highest BCUT2D eigenvalue weighted by atomic mass is 19.3. The highest BCUT2D eigenvalue weighted by molar-refractivity contribution is 5.73. The van der Waals surface area contributed by atoms with Crippen LogP contribution in [0.1, 0.15) is 28.9 Å². The molecule has 0 fully saturated rings. The standard InChI is InChI=1S/C11H11F2N3O2/c1-18-10(17)3-9-8(5-15)7(11(12)13)2-6(4-14)16-9/h2,11H,3-4,14H2,1H3. The van der Waals surface area contributed by atoms with Gasteiger partial charge in [-0.25, -0.2) is 8.78 Å². The fourth-order valence-corrected chi connectivity index (χ4v) is 1.42. The van der Waals surface area contributed by atoms with Gasteiger partial charge in [0.15, 0.2) is 0 Å². The second kappa shape index (κ2) is 6.02. The van der Waals surface area contributed by atoms with E-state index in [2.05, 4.69) is 9.72 Å². The monoisotopic (exact) mass is 255 g/mol. The molecule has 1 aromatic heterocycles. The predicted octanol–water partition coefficient (Wildman–Crippen LogP) is 1.07. The molecule has 18 heavy (non-hydrogen) atoms. The number of esters is 1. The third-order valence-corrected chi connectivity index (χ3v) is 2.27. The van der Waals surface area contributed by atoms with Crippen molar-refractivity contribution in [3.05, 3.63) is 28.6 Å². The third-order valence-electron chi connectivity index (χ3n) is 2.27. The van der Waals surface area contributed by atoms with Crippen molar-refractivity contribution < 1.29 is 18.3 Å². The van der Waals surface area contributed by atoms with Gasteiger partial charge in [-0.3, -0.25) is 9.78 Å². The van der Waals surface area contributed by atoms with Crippen LogP contribution in [0, 0.1) is 11.3 Å². The SMILES string of the molecule is COC(=O)Cc1nc(CN)cc(C(F)F)c1C#N. The largest absolute Gasteiger partial charge is 0.469 e. The Hall–Kier alpha value is -2.07. The Kier molecular flexibility index (Phi) is 4.68. The number of ether oxygens (including phenoxy) is 1. The van der Waals surface area contributed by atoms with Crippen molar-refractivity contribution in [3.63, 3.8) is 0 Å². The molecule has 0 aromatic carbocycles. The van der Waals surface area contributed by atoms with Crippen LogP contribution < -0.4 is 5.73 Å². The molecule has 0 amide bonds. The first-order valence-electron chi connectivity index (χ1n) is 5.01. The molecule has 1 rings (SSSR count). The van der Waals surface area contributed by atoms with E-state index in [-0.39, 0.29) is 29.9 Å². The molecule has 0 radical (unpaired) electrons. The molecule has 5 nitrogen and oxygen atoms in total. The molecule has 1 heterocycles. The van der Waals surface area contributed by atoms with E-state index >= 15 is 0 Å². The molecule has 0 aliphatic heterocycles. The van der Waals surface area contributed by atoms with Crippen LogP contribution in [0.25, 0.3) is 0 Å². The maximum atomic E-state index is 12.8. The Labute approximate surface area is 102 Å². The lowest BCUT2D eigenvalue weighted by molar-refractivity contribution is -0.139. The van der Waals surface area contributed by atoms with E-state index in [0.29, 0.717) is 0 Å². The average molecular weight is 255 g/mol. The minimum atomic E-state index is -2.83. The number of nitrogens with two attached hydrogens (primary N) is 1. The Bertz CT molecular complexity index is 498. The quantitative estimate of drug-likeness (QED) is 0.813. The van der Waals surface area contributed by atoms with Gasteiger partial charge in [0.25, 0.3) is 6.43 Å². The number of methoxy groups -OCH3 is 1. The summed E-state index contributed by atoms with van der Waals surface area (Å²) in [5.74, 6) is -0.659. The van der Waals surface area contributed by atoms with Gasteiger partial charge in [0, 0.05) is 12.1 Å². The lowest BCUT2D eigenvalue weighted by Gasteiger charge is -2.10. The van der Waals surface area contributed by atoms with E-state index in [4.69, 9.17) is 11.0 Å². The van der Waals surface area contributed by atoms with Crippen molar-refractivity contribution in [3.8, 4) is 6.07 Å². The Morgan fingerprint density at radius 3 is 2.78 bits per heavy atom. The number of halogens is 2. The third kappa shape index (κ3) is 2.99. The van der Waals surface area contributed by atoms with Gasteiger partial charge in [-0.2, -0.15) is 5.26 Å². The zero-order valence-corrected chi connectivity index (χ0v) is 9.61. The van der Waals surface area contributed by atoms with Crippen LogP contribution in [0.3, 0.4) is 0 Å². The fourth-order valence-electron chi connectivity index (χ4n) is 1.42. The molecule has 0 unspecified atom stereocenters. The first-order valence-corrected chi connectivity index (χ1v) is 5.01. The van der Waals surface area contributed by atoms with Gasteiger partial charge < -0.3 is 10.5 Å². The lowest BCUT2D eigenvalue weighted by Crippen LogP contribution is -2.13. The summed E-state index contributed by atoms with van der Waals surface area (Å²) >= 11 is 0. The topological polar surface area (TPSA) is 89.0 Å². The number of pyridine rings is 1. The first-order chi connectivity index (χ1) is 8.53. The van der Waals surface area contributed by atoms with Gasteiger partial charge in [0.1, 0.15) is 6.07 Å². The summed E-state index contributed by atoms with van der Waals surface area (Å²) in [5.41, 5.74) is 4.73. The van der Waals surface area contributed by atoms with Crippen molar-refractivity contribution >= 4 is 5.97 Å². The Balaban J connectivity index is 3.34.